The second kappa shape index (κ2) is 7.87. The highest BCUT2D eigenvalue weighted by Gasteiger charge is 2.46. The molecule has 2 fully saturated rings. The van der Waals surface area contributed by atoms with Crippen LogP contribution in [0.5, 0.6) is 0 Å². The summed E-state index contributed by atoms with van der Waals surface area (Å²) in [6.07, 6.45) is 5.34. The van der Waals surface area contributed by atoms with Gasteiger partial charge in [-0.3, -0.25) is 4.79 Å². The molecule has 1 heterocycles. The van der Waals surface area contributed by atoms with E-state index in [9.17, 15) is 4.79 Å². The van der Waals surface area contributed by atoms with Crippen LogP contribution in [0.25, 0.3) is 0 Å². The van der Waals surface area contributed by atoms with Gasteiger partial charge in [-0.25, -0.2) is 0 Å². The second-order valence-electron chi connectivity index (χ2n) is 6.76. The average molecular weight is 357 g/mol. The summed E-state index contributed by atoms with van der Waals surface area (Å²) >= 11 is 6.02. The number of halogens is 2. The van der Waals surface area contributed by atoms with Gasteiger partial charge in [0.05, 0.1) is 5.41 Å². The fourth-order valence-corrected chi connectivity index (χ4v) is 4.27. The van der Waals surface area contributed by atoms with Crippen molar-refractivity contribution >= 4 is 29.9 Å². The monoisotopic (exact) mass is 356 g/mol. The van der Waals surface area contributed by atoms with E-state index < -0.39 is 0 Å². The Morgan fingerprint density at radius 2 is 1.96 bits per heavy atom. The molecule has 23 heavy (non-hydrogen) atoms. The quantitative estimate of drug-likeness (QED) is 0.892. The highest BCUT2D eigenvalue weighted by Crippen LogP contribution is 2.43. The van der Waals surface area contributed by atoms with Gasteiger partial charge in [0.1, 0.15) is 0 Å². The molecule has 1 aliphatic carbocycles. The lowest BCUT2D eigenvalue weighted by Crippen LogP contribution is -2.44. The van der Waals surface area contributed by atoms with Crippen molar-refractivity contribution in [2.75, 3.05) is 26.7 Å². The zero-order chi connectivity index (χ0) is 15.6. The van der Waals surface area contributed by atoms with Crippen molar-refractivity contribution in [3.63, 3.8) is 0 Å². The van der Waals surface area contributed by atoms with Crippen molar-refractivity contribution in [3.8, 4) is 0 Å². The van der Waals surface area contributed by atoms with E-state index in [1.54, 1.807) is 0 Å². The highest BCUT2D eigenvalue weighted by atomic mass is 35.5. The Bertz CT molecular complexity index is 526. The summed E-state index contributed by atoms with van der Waals surface area (Å²) in [6, 6.07) is 7.93. The van der Waals surface area contributed by atoms with E-state index in [0.717, 1.165) is 62.3 Å². The highest BCUT2D eigenvalue weighted by molar-refractivity contribution is 6.30. The van der Waals surface area contributed by atoms with Gasteiger partial charge < -0.3 is 10.2 Å². The molecule has 3 nitrogen and oxygen atoms in total. The number of nitrogens with one attached hydrogen (secondary N) is 1. The van der Waals surface area contributed by atoms with E-state index in [1.165, 1.54) is 0 Å². The predicted molar refractivity (Wildman–Crippen MR) is 97.5 cm³/mol. The van der Waals surface area contributed by atoms with E-state index in [-0.39, 0.29) is 17.8 Å². The average Bonchev–Trinajstić information content (AvgIpc) is 3.17. The fourth-order valence-electron chi connectivity index (χ4n) is 4.15. The maximum absolute atomic E-state index is 13.3. The van der Waals surface area contributed by atoms with Crippen LogP contribution in [0.2, 0.25) is 5.02 Å². The molecule has 1 saturated heterocycles. The fraction of sp³-hybridized carbons (Fsp3) is 0.611. The first kappa shape index (κ1) is 18.6. The standard InChI is InChI=1S/C18H25ClN2O.ClH/c1-20-12-14-8-11-21(13-14)17(22)18(9-2-3-10-18)15-4-6-16(19)7-5-15;/h4-7,14,20H,2-3,8-13H2,1H3;1H. The van der Waals surface area contributed by atoms with Gasteiger partial charge in [-0.2, -0.15) is 0 Å². The van der Waals surface area contributed by atoms with Crippen LogP contribution in [-0.2, 0) is 10.2 Å². The number of amides is 1. The largest absolute Gasteiger partial charge is 0.342 e. The molecule has 1 atom stereocenters. The SMILES string of the molecule is CNCC1CCN(C(=O)C2(c3ccc(Cl)cc3)CCCC2)C1.Cl. The Morgan fingerprint density at radius 3 is 2.57 bits per heavy atom. The number of rotatable bonds is 4. The van der Waals surface area contributed by atoms with Gasteiger partial charge in [-0.1, -0.05) is 36.6 Å². The van der Waals surface area contributed by atoms with Crippen molar-refractivity contribution < 1.29 is 4.79 Å². The number of nitrogens with zero attached hydrogens (tertiary/aromatic N) is 1. The lowest BCUT2D eigenvalue weighted by molar-refractivity contribution is -0.136. The summed E-state index contributed by atoms with van der Waals surface area (Å²) in [5.41, 5.74) is 0.843. The topological polar surface area (TPSA) is 32.3 Å². The van der Waals surface area contributed by atoms with Crippen molar-refractivity contribution in [1.29, 1.82) is 0 Å². The first-order valence-corrected chi connectivity index (χ1v) is 8.73. The van der Waals surface area contributed by atoms with E-state index in [4.69, 9.17) is 11.6 Å². The Hall–Kier alpha value is -0.770. The van der Waals surface area contributed by atoms with Crippen molar-refractivity contribution in [3.05, 3.63) is 34.9 Å². The van der Waals surface area contributed by atoms with Crippen LogP contribution in [0.15, 0.2) is 24.3 Å². The minimum atomic E-state index is -0.306. The van der Waals surface area contributed by atoms with Crippen LogP contribution in [0.3, 0.4) is 0 Å². The molecule has 128 valence electrons. The molecule has 3 rings (SSSR count). The number of hydrogen-bond donors (Lipinski definition) is 1. The van der Waals surface area contributed by atoms with Crippen LogP contribution in [0, 0.1) is 5.92 Å². The molecule has 0 bridgehead atoms. The van der Waals surface area contributed by atoms with E-state index in [1.807, 2.05) is 31.3 Å². The van der Waals surface area contributed by atoms with Crippen LogP contribution < -0.4 is 5.32 Å². The van der Waals surface area contributed by atoms with Gasteiger partial charge in [0.15, 0.2) is 0 Å². The molecule has 2 aliphatic rings. The number of benzene rings is 1. The predicted octanol–water partition coefficient (Wildman–Crippen LogP) is 3.64. The third kappa shape index (κ3) is 3.67. The van der Waals surface area contributed by atoms with Gasteiger partial charge >= 0.3 is 0 Å². The molecule has 5 heteroatoms. The Morgan fingerprint density at radius 1 is 1.30 bits per heavy atom. The number of likely N-dealkylation sites (tertiary alicyclic amines) is 1. The smallest absolute Gasteiger partial charge is 0.233 e. The minimum Gasteiger partial charge on any atom is -0.342 e. The van der Waals surface area contributed by atoms with E-state index >= 15 is 0 Å². The maximum Gasteiger partial charge on any atom is 0.233 e. The molecule has 1 aliphatic heterocycles. The van der Waals surface area contributed by atoms with Crippen molar-refractivity contribution in [1.82, 2.24) is 10.2 Å². The third-order valence-corrected chi connectivity index (χ3v) is 5.58. The van der Waals surface area contributed by atoms with Crippen LogP contribution in [-0.4, -0.2) is 37.5 Å². The molecule has 1 N–H and O–H groups in total. The molecule has 0 spiro atoms. The zero-order valence-electron chi connectivity index (χ0n) is 13.7. The lowest BCUT2D eigenvalue weighted by Gasteiger charge is -2.33. The summed E-state index contributed by atoms with van der Waals surface area (Å²) in [6.45, 7) is 2.80. The van der Waals surface area contributed by atoms with Gasteiger partial charge in [-0.05, 0) is 56.5 Å². The first-order valence-electron chi connectivity index (χ1n) is 8.36. The van der Waals surface area contributed by atoms with Crippen LogP contribution in [0.4, 0.5) is 0 Å². The summed E-state index contributed by atoms with van der Waals surface area (Å²) in [5, 5.41) is 3.97. The summed E-state index contributed by atoms with van der Waals surface area (Å²) in [4.78, 5) is 15.4. The molecule has 1 aromatic rings. The molecular formula is C18H26Cl2N2O. The van der Waals surface area contributed by atoms with Gasteiger partial charge in [0, 0.05) is 18.1 Å². The normalized spacial score (nSPS) is 22.9. The number of hydrogen-bond acceptors (Lipinski definition) is 2. The molecule has 0 aromatic heterocycles. The molecular weight excluding hydrogens is 331 g/mol. The van der Waals surface area contributed by atoms with E-state index in [0.29, 0.717) is 11.8 Å². The Kier molecular flexibility index (Phi) is 6.35. The van der Waals surface area contributed by atoms with Gasteiger partial charge in [-0.15, -0.1) is 12.4 Å². The molecule has 1 unspecified atom stereocenters. The van der Waals surface area contributed by atoms with Gasteiger partial charge in [0.2, 0.25) is 5.91 Å². The zero-order valence-corrected chi connectivity index (χ0v) is 15.3. The first-order chi connectivity index (χ1) is 10.7. The maximum atomic E-state index is 13.3. The van der Waals surface area contributed by atoms with E-state index in [2.05, 4.69) is 10.2 Å². The van der Waals surface area contributed by atoms with Crippen molar-refractivity contribution in [2.24, 2.45) is 5.92 Å². The molecule has 1 aromatic carbocycles. The minimum absolute atomic E-state index is 0. The molecule has 1 amide bonds. The van der Waals surface area contributed by atoms with Gasteiger partial charge in [0.25, 0.3) is 0 Å². The lowest BCUT2D eigenvalue weighted by atomic mass is 9.77. The Balaban J connectivity index is 0.00000192. The van der Waals surface area contributed by atoms with Crippen molar-refractivity contribution in [2.45, 2.75) is 37.5 Å². The van der Waals surface area contributed by atoms with Crippen LogP contribution >= 0.6 is 24.0 Å². The molecule has 0 radical (unpaired) electrons. The summed E-state index contributed by atoms with van der Waals surface area (Å²) in [5.74, 6) is 0.934. The summed E-state index contributed by atoms with van der Waals surface area (Å²) < 4.78 is 0. The second-order valence-corrected chi connectivity index (χ2v) is 7.20. The summed E-state index contributed by atoms with van der Waals surface area (Å²) in [7, 11) is 1.98. The molecule has 1 saturated carbocycles. The number of carbonyl (C=O) groups excluding carboxylic acids is 1. The number of carbonyl (C=O) groups is 1. The Labute approximate surface area is 150 Å². The third-order valence-electron chi connectivity index (χ3n) is 5.33. The van der Waals surface area contributed by atoms with Crippen LogP contribution in [0.1, 0.15) is 37.7 Å².